The Balaban J connectivity index is 1.92. The molecule has 4 aromatic rings. The maximum atomic E-state index is 2.51. The average Bonchev–Trinajstić information content (AvgIpc) is 3.56. The fourth-order valence-electron chi connectivity index (χ4n) is 6.31. The van der Waals surface area contributed by atoms with Crippen LogP contribution < -0.4 is 10.4 Å². The molecular formula is C39H38. The second kappa shape index (κ2) is 9.38. The standard InChI is InChI=1S/C39H38/c1-38(2,3)33-23-15-22-29-30-25-34(39(4,5)6)37(36(28-20-13-14-21-28)32(30)24-31(29)33)35(26-16-9-7-10-17-26)27-18-11-8-12-19-27/h7-20,22-25H,21H2,1-6H3. The van der Waals surface area contributed by atoms with E-state index in [-0.39, 0.29) is 10.8 Å². The fraction of sp³-hybridized carbons (Fsp3) is 0.231. The Morgan fingerprint density at radius 3 is 1.79 bits per heavy atom. The molecule has 0 N–H and O–H groups in total. The van der Waals surface area contributed by atoms with Gasteiger partial charge in [-0.3, -0.25) is 0 Å². The van der Waals surface area contributed by atoms with Gasteiger partial charge in [0.1, 0.15) is 0 Å². The zero-order valence-electron chi connectivity index (χ0n) is 24.1. The molecule has 2 aliphatic rings. The lowest BCUT2D eigenvalue weighted by molar-refractivity contribution is 0.584. The predicted octanol–water partition coefficient (Wildman–Crippen LogP) is 8.30. The predicted molar refractivity (Wildman–Crippen MR) is 167 cm³/mol. The molecule has 6 rings (SSSR count). The maximum Gasteiger partial charge on any atom is -0.00295 e. The first-order valence-electron chi connectivity index (χ1n) is 14.2. The van der Waals surface area contributed by atoms with Crippen LogP contribution in [0.4, 0.5) is 0 Å². The zero-order chi connectivity index (χ0) is 27.4. The summed E-state index contributed by atoms with van der Waals surface area (Å²) in [6.07, 6.45) is 10.3. The highest BCUT2D eigenvalue weighted by molar-refractivity contribution is 5.87. The van der Waals surface area contributed by atoms with Crippen LogP contribution >= 0.6 is 0 Å². The Labute approximate surface area is 233 Å². The van der Waals surface area contributed by atoms with Crippen molar-refractivity contribution in [3.63, 3.8) is 0 Å². The van der Waals surface area contributed by atoms with E-state index < -0.39 is 0 Å². The highest BCUT2D eigenvalue weighted by atomic mass is 14.3. The molecule has 0 fully saturated rings. The van der Waals surface area contributed by atoms with Crippen LogP contribution in [0.15, 0.2) is 103 Å². The van der Waals surface area contributed by atoms with Gasteiger partial charge >= 0.3 is 0 Å². The molecule has 0 saturated carbocycles. The lowest BCUT2D eigenvalue weighted by Gasteiger charge is -2.26. The van der Waals surface area contributed by atoms with Gasteiger partial charge in [-0.1, -0.05) is 139 Å². The van der Waals surface area contributed by atoms with Crippen molar-refractivity contribution in [1.82, 2.24) is 0 Å². The molecule has 2 aliphatic carbocycles. The molecule has 39 heavy (non-hydrogen) atoms. The Morgan fingerprint density at radius 2 is 1.26 bits per heavy atom. The number of rotatable bonds is 3. The monoisotopic (exact) mass is 506 g/mol. The summed E-state index contributed by atoms with van der Waals surface area (Å²) in [7, 11) is 0. The first-order valence-corrected chi connectivity index (χ1v) is 14.2. The Hall–Kier alpha value is -3.90. The van der Waals surface area contributed by atoms with Gasteiger partial charge in [0.2, 0.25) is 0 Å². The van der Waals surface area contributed by atoms with Gasteiger partial charge in [-0.05, 0) is 94.8 Å². The van der Waals surface area contributed by atoms with Gasteiger partial charge in [-0.2, -0.15) is 0 Å². The maximum absolute atomic E-state index is 2.51. The summed E-state index contributed by atoms with van der Waals surface area (Å²) in [5, 5.41) is 5.48. The Morgan fingerprint density at radius 1 is 0.641 bits per heavy atom. The van der Waals surface area contributed by atoms with Gasteiger partial charge in [-0.15, -0.1) is 0 Å². The van der Waals surface area contributed by atoms with E-state index in [1.807, 2.05) is 0 Å². The minimum absolute atomic E-state index is 0.0507. The van der Waals surface area contributed by atoms with Crippen molar-refractivity contribution in [2.75, 3.05) is 0 Å². The SMILES string of the molecule is CC(C)(C)c1cc2c(c(C3=CC=CC3)c1=C(c1ccccc1)c1ccccc1)C=c1c(C(C)(C)C)cccc1=2. The lowest BCUT2D eigenvalue weighted by Crippen LogP contribution is -2.29. The van der Waals surface area contributed by atoms with E-state index in [2.05, 4.69) is 151 Å². The third kappa shape index (κ3) is 4.43. The molecule has 0 atom stereocenters. The van der Waals surface area contributed by atoms with Crippen LogP contribution in [-0.4, -0.2) is 0 Å². The smallest absolute Gasteiger partial charge is 0.00295 e. The van der Waals surface area contributed by atoms with E-state index in [4.69, 9.17) is 0 Å². The lowest BCUT2D eigenvalue weighted by atomic mass is 9.78. The highest BCUT2D eigenvalue weighted by Crippen LogP contribution is 2.34. The molecule has 194 valence electrons. The van der Waals surface area contributed by atoms with Crippen LogP contribution in [0.5, 0.6) is 0 Å². The van der Waals surface area contributed by atoms with Crippen molar-refractivity contribution in [3.05, 3.63) is 157 Å². The molecule has 0 aliphatic heterocycles. The number of allylic oxidation sites excluding steroid dienone is 4. The summed E-state index contributed by atoms with van der Waals surface area (Å²) in [6.45, 7) is 14.1. The molecule has 0 spiro atoms. The third-order valence-electron chi connectivity index (χ3n) is 8.14. The molecule has 0 heteroatoms. The largest absolute Gasteiger partial charge is 0.0801 e. The van der Waals surface area contributed by atoms with Gasteiger partial charge in [0.15, 0.2) is 0 Å². The average molecular weight is 507 g/mol. The first kappa shape index (κ1) is 25.4. The molecule has 0 heterocycles. The van der Waals surface area contributed by atoms with Gasteiger partial charge in [0.05, 0.1) is 0 Å². The fourth-order valence-corrected chi connectivity index (χ4v) is 6.31. The summed E-state index contributed by atoms with van der Waals surface area (Å²) in [6, 6.07) is 31.3. The van der Waals surface area contributed by atoms with Crippen LogP contribution in [0.2, 0.25) is 0 Å². The van der Waals surface area contributed by atoms with Crippen LogP contribution in [0.3, 0.4) is 0 Å². The van der Waals surface area contributed by atoms with Crippen LogP contribution in [0.1, 0.15) is 81.3 Å². The second-order valence-corrected chi connectivity index (χ2v) is 13.0. The molecule has 0 bridgehead atoms. The van der Waals surface area contributed by atoms with Crippen molar-refractivity contribution in [2.24, 2.45) is 0 Å². The molecular weight excluding hydrogens is 468 g/mol. The summed E-state index contributed by atoms with van der Waals surface area (Å²) >= 11 is 0. The minimum atomic E-state index is -0.0507. The topological polar surface area (TPSA) is 0 Å². The Kier molecular flexibility index (Phi) is 6.11. The molecule has 0 saturated heterocycles. The number of fused-ring (bicyclic) bond motifs is 2. The molecule has 4 aromatic carbocycles. The van der Waals surface area contributed by atoms with Gasteiger partial charge in [0.25, 0.3) is 0 Å². The van der Waals surface area contributed by atoms with E-state index in [1.165, 1.54) is 65.4 Å². The van der Waals surface area contributed by atoms with Crippen LogP contribution in [0.25, 0.3) is 17.2 Å². The molecule has 0 amide bonds. The Bertz CT molecular complexity index is 1810. The van der Waals surface area contributed by atoms with E-state index in [1.54, 1.807) is 0 Å². The van der Waals surface area contributed by atoms with Crippen molar-refractivity contribution in [1.29, 1.82) is 0 Å². The van der Waals surface area contributed by atoms with E-state index in [0.29, 0.717) is 0 Å². The van der Waals surface area contributed by atoms with Crippen molar-refractivity contribution in [3.8, 4) is 0 Å². The van der Waals surface area contributed by atoms with Crippen molar-refractivity contribution in [2.45, 2.75) is 58.8 Å². The molecule has 0 nitrogen and oxygen atoms in total. The summed E-state index contributed by atoms with van der Waals surface area (Å²) < 4.78 is 0. The van der Waals surface area contributed by atoms with Gasteiger partial charge in [0, 0.05) is 0 Å². The van der Waals surface area contributed by atoms with Crippen molar-refractivity contribution < 1.29 is 0 Å². The third-order valence-corrected chi connectivity index (χ3v) is 8.14. The normalized spacial score (nSPS) is 14.1. The second-order valence-electron chi connectivity index (χ2n) is 13.0. The highest BCUT2D eigenvalue weighted by Gasteiger charge is 2.26. The quantitative estimate of drug-likeness (QED) is 0.231. The summed E-state index contributed by atoms with van der Waals surface area (Å²) in [5.41, 5.74) is 10.8. The first-order chi connectivity index (χ1) is 18.6. The van der Waals surface area contributed by atoms with E-state index >= 15 is 0 Å². The number of benzene rings is 4. The molecule has 0 unspecified atom stereocenters. The molecule has 0 radical (unpaired) electrons. The van der Waals surface area contributed by atoms with Gasteiger partial charge in [-0.25, -0.2) is 0 Å². The summed E-state index contributed by atoms with van der Waals surface area (Å²) in [5.74, 6) is 0. The molecule has 0 aromatic heterocycles. The number of hydrogen-bond acceptors (Lipinski definition) is 0. The van der Waals surface area contributed by atoms with Gasteiger partial charge < -0.3 is 0 Å². The van der Waals surface area contributed by atoms with Crippen LogP contribution in [0, 0.1) is 10.4 Å². The summed E-state index contributed by atoms with van der Waals surface area (Å²) in [4.78, 5) is 0. The minimum Gasteiger partial charge on any atom is -0.0801 e. The van der Waals surface area contributed by atoms with E-state index in [9.17, 15) is 0 Å². The zero-order valence-corrected chi connectivity index (χ0v) is 24.1. The van der Waals surface area contributed by atoms with E-state index in [0.717, 1.165) is 6.42 Å². The number of hydrogen-bond donors (Lipinski definition) is 0. The van der Waals surface area contributed by atoms with Crippen LogP contribution in [-0.2, 0) is 10.8 Å². The van der Waals surface area contributed by atoms with Crippen molar-refractivity contribution >= 4 is 17.2 Å².